The molecular weight excluding hydrogens is 262 g/mol. The van der Waals surface area contributed by atoms with Crippen molar-refractivity contribution in [3.05, 3.63) is 34.7 Å². The van der Waals surface area contributed by atoms with Gasteiger partial charge in [-0.15, -0.1) is 22.7 Å². The molecule has 0 saturated carbocycles. The third kappa shape index (κ3) is 2.29. The first-order valence-corrected chi connectivity index (χ1v) is 7.48. The van der Waals surface area contributed by atoms with Gasteiger partial charge in [0.25, 0.3) is 0 Å². The SMILES string of the molecule is CC(N)Cc1nc(-c2nc3ccccc3s2)cs1. The van der Waals surface area contributed by atoms with Crippen molar-refractivity contribution >= 4 is 32.9 Å². The van der Waals surface area contributed by atoms with E-state index in [4.69, 9.17) is 5.73 Å². The average molecular weight is 275 g/mol. The highest BCUT2D eigenvalue weighted by molar-refractivity contribution is 7.21. The van der Waals surface area contributed by atoms with Crippen molar-refractivity contribution in [1.29, 1.82) is 0 Å². The van der Waals surface area contributed by atoms with E-state index in [1.165, 1.54) is 4.70 Å². The van der Waals surface area contributed by atoms with Gasteiger partial charge in [-0.1, -0.05) is 12.1 Å². The van der Waals surface area contributed by atoms with Gasteiger partial charge in [-0.25, -0.2) is 9.97 Å². The molecule has 3 nitrogen and oxygen atoms in total. The molecule has 0 fully saturated rings. The van der Waals surface area contributed by atoms with Crippen LogP contribution < -0.4 is 5.73 Å². The number of benzene rings is 1. The molecule has 0 spiro atoms. The topological polar surface area (TPSA) is 51.8 Å². The number of hydrogen-bond acceptors (Lipinski definition) is 5. The lowest BCUT2D eigenvalue weighted by Gasteiger charge is -1.98. The van der Waals surface area contributed by atoms with E-state index in [0.717, 1.165) is 27.6 Å². The average Bonchev–Trinajstić information content (AvgIpc) is 2.93. The lowest BCUT2D eigenvalue weighted by Crippen LogP contribution is -2.17. The molecule has 5 heteroatoms. The molecule has 0 amide bonds. The van der Waals surface area contributed by atoms with Gasteiger partial charge in [-0.3, -0.25) is 0 Å². The molecule has 0 radical (unpaired) electrons. The van der Waals surface area contributed by atoms with E-state index in [9.17, 15) is 0 Å². The second kappa shape index (κ2) is 4.76. The maximum Gasteiger partial charge on any atom is 0.143 e. The van der Waals surface area contributed by atoms with Crippen LogP contribution in [-0.2, 0) is 6.42 Å². The maximum atomic E-state index is 5.79. The van der Waals surface area contributed by atoms with E-state index in [0.29, 0.717) is 0 Å². The molecule has 3 aromatic rings. The van der Waals surface area contributed by atoms with Crippen LogP contribution in [0.5, 0.6) is 0 Å². The van der Waals surface area contributed by atoms with E-state index in [2.05, 4.69) is 21.4 Å². The molecule has 0 aliphatic heterocycles. The van der Waals surface area contributed by atoms with Crippen molar-refractivity contribution in [2.24, 2.45) is 5.73 Å². The number of nitrogens with zero attached hydrogens (tertiary/aromatic N) is 2. The minimum absolute atomic E-state index is 0.152. The molecule has 1 atom stereocenters. The van der Waals surface area contributed by atoms with Crippen LogP contribution >= 0.6 is 22.7 Å². The van der Waals surface area contributed by atoms with Gasteiger partial charge in [0.1, 0.15) is 10.7 Å². The Labute approximate surface area is 113 Å². The fourth-order valence-corrected chi connectivity index (χ4v) is 3.68. The van der Waals surface area contributed by atoms with Gasteiger partial charge in [0, 0.05) is 17.8 Å². The predicted octanol–water partition coefficient (Wildman–Crippen LogP) is 3.31. The number of hydrogen-bond donors (Lipinski definition) is 1. The van der Waals surface area contributed by atoms with Crippen molar-refractivity contribution in [2.45, 2.75) is 19.4 Å². The highest BCUT2D eigenvalue weighted by atomic mass is 32.1. The quantitative estimate of drug-likeness (QED) is 0.798. The van der Waals surface area contributed by atoms with Crippen LogP contribution in [0.4, 0.5) is 0 Å². The van der Waals surface area contributed by atoms with Crippen molar-refractivity contribution in [3.8, 4) is 10.7 Å². The summed E-state index contributed by atoms with van der Waals surface area (Å²) in [6.07, 6.45) is 0.829. The summed E-state index contributed by atoms with van der Waals surface area (Å²) in [4.78, 5) is 9.21. The second-order valence-corrected chi connectivity index (χ2v) is 6.27. The summed E-state index contributed by atoms with van der Waals surface area (Å²) in [6, 6.07) is 8.32. The van der Waals surface area contributed by atoms with Crippen molar-refractivity contribution in [3.63, 3.8) is 0 Å². The number of fused-ring (bicyclic) bond motifs is 1. The van der Waals surface area contributed by atoms with Crippen molar-refractivity contribution in [2.75, 3.05) is 0 Å². The molecular formula is C13H13N3S2. The van der Waals surface area contributed by atoms with Gasteiger partial charge < -0.3 is 5.73 Å². The normalized spacial score (nSPS) is 13.0. The molecule has 0 aliphatic carbocycles. The number of thiazole rings is 2. The third-order valence-corrected chi connectivity index (χ3v) is 4.49. The molecule has 3 rings (SSSR count). The van der Waals surface area contributed by atoms with E-state index in [1.54, 1.807) is 22.7 Å². The van der Waals surface area contributed by atoms with Gasteiger partial charge in [-0.05, 0) is 19.1 Å². The van der Waals surface area contributed by atoms with Gasteiger partial charge >= 0.3 is 0 Å². The minimum atomic E-state index is 0.152. The second-order valence-electron chi connectivity index (χ2n) is 4.29. The van der Waals surface area contributed by atoms with Crippen LogP contribution in [0.3, 0.4) is 0 Å². The zero-order valence-electron chi connectivity index (χ0n) is 9.96. The number of nitrogens with two attached hydrogens (primary N) is 1. The summed E-state index contributed by atoms with van der Waals surface area (Å²) in [5.74, 6) is 0. The molecule has 0 saturated heterocycles. The van der Waals surface area contributed by atoms with Crippen LogP contribution in [0.2, 0.25) is 0 Å². The standard InChI is InChI=1S/C13H13N3S2/c1-8(14)6-12-15-10(7-17-12)13-16-9-4-2-3-5-11(9)18-13/h2-5,7-8H,6,14H2,1H3. The molecule has 18 heavy (non-hydrogen) atoms. The Bertz CT molecular complexity index is 636. The van der Waals surface area contributed by atoms with Gasteiger partial charge in [-0.2, -0.15) is 0 Å². The fourth-order valence-electron chi connectivity index (χ4n) is 1.76. The number of para-hydroxylation sites is 1. The number of rotatable bonds is 3. The number of aromatic nitrogens is 2. The Morgan fingerprint density at radius 1 is 1.28 bits per heavy atom. The van der Waals surface area contributed by atoms with Gasteiger partial charge in [0.05, 0.1) is 15.2 Å². The Hall–Kier alpha value is -1.30. The van der Waals surface area contributed by atoms with Crippen molar-refractivity contribution < 1.29 is 0 Å². The monoisotopic (exact) mass is 275 g/mol. The molecule has 0 bridgehead atoms. The third-order valence-electron chi connectivity index (χ3n) is 2.56. The zero-order chi connectivity index (χ0) is 12.5. The minimum Gasteiger partial charge on any atom is -0.328 e. The Kier molecular flexibility index (Phi) is 3.11. The first kappa shape index (κ1) is 11.8. The lowest BCUT2D eigenvalue weighted by atomic mass is 10.3. The summed E-state index contributed by atoms with van der Waals surface area (Å²) >= 11 is 3.34. The molecule has 2 heterocycles. The first-order valence-electron chi connectivity index (χ1n) is 5.78. The highest BCUT2D eigenvalue weighted by Crippen LogP contribution is 2.30. The Morgan fingerprint density at radius 3 is 2.89 bits per heavy atom. The highest BCUT2D eigenvalue weighted by Gasteiger charge is 2.10. The lowest BCUT2D eigenvalue weighted by molar-refractivity contribution is 0.734. The summed E-state index contributed by atoms with van der Waals surface area (Å²) in [7, 11) is 0. The van der Waals surface area contributed by atoms with Crippen LogP contribution in [-0.4, -0.2) is 16.0 Å². The summed E-state index contributed by atoms with van der Waals surface area (Å²) in [5.41, 5.74) is 7.80. The van der Waals surface area contributed by atoms with Crippen molar-refractivity contribution in [1.82, 2.24) is 9.97 Å². The van der Waals surface area contributed by atoms with Gasteiger partial charge in [0.15, 0.2) is 0 Å². The molecule has 1 unspecified atom stereocenters. The summed E-state index contributed by atoms with van der Waals surface area (Å²) in [5, 5.41) is 4.14. The molecule has 2 aromatic heterocycles. The molecule has 1 aromatic carbocycles. The first-order chi connectivity index (χ1) is 8.72. The van der Waals surface area contributed by atoms with E-state index < -0.39 is 0 Å². The van der Waals surface area contributed by atoms with Crippen LogP contribution in [0.1, 0.15) is 11.9 Å². The van der Waals surface area contributed by atoms with E-state index in [-0.39, 0.29) is 6.04 Å². The van der Waals surface area contributed by atoms with Crippen LogP contribution in [0.25, 0.3) is 20.9 Å². The molecule has 92 valence electrons. The van der Waals surface area contributed by atoms with Gasteiger partial charge in [0.2, 0.25) is 0 Å². The summed E-state index contributed by atoms with van der Waals surface area (Å²) in [6.45, 7) is 2.00. The Morgan fingerprint density at radius 2 is 2.11 bits per heavy atom. The maximum absolute atomic E-state index is 5.79. The van der Waals surface area contributed by atoms with Crippen LogP contribution in [0, 0.1) is 0 Å². The predicted molar refractivity (Wildman–Crippen MR) is 78.1 cm³/mol. The Balaban J connectivity index is 1.96. The summed E-state index contributed by atoms with van der Waals surface area (Å²) < 4.78 is 1.20. The molecule has 2 N–H and O–H groups in total. The fraction of sp³-hybridized carbons (Fsp3) is 0.231. The molecule has 0 aliphatic rings. The van der Waals surface area contributed by atoms with E-state index in [1.807, 2.05) is 25.1 Å². The zero-order valence-corrected chi connectivity index (χ0v) is 11.6. The van der Waals surface area contributed by atoms with E-state index >= 15 is 0 Å². The largest absolute Gasteiger partial charge is 0.328 e. The van der Waals surface area contributed by atoms with Crippen LogP contribution in [0.15, 0.2) is 29.6 Å². The smallest absolute Gasteiger partial charge is 0.143 e.